The van der Waals surface area contributed by atoms with Crippen molar-refractivity contribution in [3.8, 4) is 17.4 Å². The number of anilines is 2. The van der Waals surface area contributed by atoms with Crippen LogP contribution < -0.4 is 15.4 Å². The quantitative estimate of drug-likeness (QED) is 0.438. The van der Waals surface area contributed by atoms with E-state index in [4.69, 9.17) is 9.51 Å². The second kappa shape index (κ2) is 8.57. The van der Waals surface area contributed by atoms with Gasteiger partial charge in [0.2, 0.25) is 11.7 Å². The minimum Gasteiger partial charge on any atom is -0.501 e. The monoisotopic (exact) mass is 503 g/mol. The molecule has 1 aliphatic carbocycles. The lowest BCUT2D eigenvalue weighted by Crippen LogP contribution is -2.31. The predicted octanol–water partition coefficient (Wildman–Crippen LogP) is 2.62. The van der Waals surface area contributed by atoms with Gasteiger partial charge in [-0.05, 0) is 43.9 Å². The minimum atomic E-state index is -0.761. The second-order valence-electron chi connectivity index (χ2n) is 9.46. The first kappa shape index (κ1) is 23.0. The molecule has 1 N–H and O–H groups in total. The fourth-order valence-electron chi connectivity index (χ4n) is 4.92. The van der Waals surface area contributed by atoms with Gasteiger partial charge in [0.05, 0.1) is 17.2 Å². The van der Waals surface area contributed by atoms with Crippen LogP contribution in [-0.2, 0) is 11.8 Å². The lowest BCUT2D eigenvalue weighted by molar-refractivity contribution is -0.117. The number of carbonyl (C=O) groups is 2. The molecular weight excluding hydrogens is 478 g/mol. The van der Waals surface area contributed by atoms with Crippen molar-refractivity contribution in [1.29, 1.82) is 0 Å². The molecule has 12 heteroatoms. The van der Waals surface area contributed by atoms with Crippen molar-refractivity contribution in [2.45, 2.75) is 38.1 Å². The van der Waals surface area contributed by atoms with Crippen molar-refractivity contribution in [2.24, 2.45) is 7.05 Å². The summed E-state index contributed by atoms with van der Waals surface area (Å²) in [5.74, 6) is -0.767. The fourth-order valence-corrected chi connectivity index (χ4v) is 4.92. The Hall–Kier alpha value is -4.48. The maximum atomic E-state index is 13.2. The number of amides is 2. The van der Waals surface area contributed by atoms with Crippen LogP contribution in [0.3, 0.4) is 0 Å². The van der Waals surface area contributed by atoms with Crippen molar-refractivity contribution in [3.05, 3.63) is 46.7 Å². The van der Waals surface area contributed by atoms with Crippen molar-refractivity contribution >= 4 is 34.2 Å². The molecule has 2 amide bonds. The first-order valence-electron chi connectivity index (χ1n) is 12.2. The number of imidazole rings is 1. The molecule has 4 heterocycles. The van der Waals surface area contributed by atoms with E-state index in [2.05, 4.69) is 10.1 Å². The molecule has 0 radical (unpaired) electrons. The van der Waals surface area contributed by atoms with Crippen LogP contribution in [0.1, 0.15) is 48.6 Å². The Bertz CT molecular complexity index is 1600. The highest BCUT2D eigenvalue weighted by atomic mass is 16.5. The highest BCUT2D eigenvalue weighted by molar-refractivity contribution is 6.06. The Morgan fingerprint density at radius 1 is 1.16 bits per heavy atom. The molecule has 37 heavy (non-hydrogen) atoms. The molecular formula is C25H25N7O5. The standard InChI is InChI=1S/C25H25N7O5/c1-29(16-12-26-37-13-16)24(35)20-21(34)25(36)30(2)22(28-20)23-27-17-9-8-15(31-10-4-7-19(31)33)11-18(17)32(23)14-5-3-6-14/h8-9,11-14,34H,3-7,10H2,1-2H3. The molecule has 1 saturated heterocycles. The van der Waals surface area contributed by atoms with Gasteiger partial charge in [0, 0.05) is 38.8 Å². The summed E-state index contributed by atoms with van der Waals surface area (Å²) in [6.45, 7) is 0.675. The van der Waals surface area contributed by atoms with E-state index in [1.807, 2.05) is 22.8 Å². The Balaban J connectivity index is 1.52. The molecule has 1 saturated carbocycles. The number of carbonyl (C=O) groups excluding carboxylic acids is 2. The summed E-state index contributed by atoms with van der Waals surface area (Å²) in [4.78, 5) is 50.9. The first-order valence-corrected chi connectivity index (χ1v) is 12.2. The zero-order chi connectivity index (χ0) is 25.8. The maximum absolute atomic E-state index is 13.2. The molecule has 0 atom stereocenters. The predicted molar refractivity (Wildman–Crippen MR) is 134 cm³/mol. The summed E-state index contributed by atoms with van der Waals surface area (Å²) >= 11 is 0. The second-order valence-corrected chi connectivity index (χ2v) is 9.46. The van der Waals surface area contributed by atoms with Crippen molar-refractivity contribution in [2.75, 3.05) is 23.4 Å². The number of fused-ring (bicyclic) bond motifs is 1. The molecule has 2 fully saturated rings. The van der Waals surface area contributed by atoms with E-state index < -0.39 is 22.9 Å². The summed E-state index contributed by atoms with van der Waals surface area (Å²) in [6, 6.07) is 5.82. The van der Waals surface area contributed by atoms with Gasteiger partial charge >= 0.3 is 0 Å². The smallest absolute Gasteiger partial charge is 0.296 e. The zero-order valence-corrected chi connectivity index (χ0v) is 20.4. The summed E-state index contributed by atoms with van der Waals surface area (Å²) in [6.07, 6.45) is 6.89. The van der Waals surface area contributed by atoms with Gasteiger partial charge < -0.3 is 24.0 Å². The highest BCUT2D eigenvalue weighted by Crippen LogP contribution is 2.39. The van der Waals surface area contributed by atoms with Crippen LogP contribution in [0.2, 0.25) is 0 Å². The van der Waals surface area contributed by atoms with Crippen molar-refractivity contribution < 1.29 is 19.2 Å². The third-order valence-corrected chi connectivity index (χ3v) is 7.28. The molecule has 1 aliphatic heterocycles. The van der Waals surface area contributed by atoms with E-state index in [1.54, 1.807) is 4.90 Å². The van der Waals surface area contributed by atoms with E-state index >= 15 is 0 Å². The van der Waals surface area contributed by atoms with Crippen LogP contribution >= 0.6 is 0 Å². The van der Waals surface area contributed by atoms with E-state index in [0.29, 0.717) is 30.0 Å². The number of rotatable bonds is 5. The first-order chi connectivity index (χ1) is 17.8. The number of hydrogen-bond donors (Lipinski definition) is 1. The Labute approximate surface area is 210 Å². The van der Waals surface area contributed by atoms with Crippen LogP contribution in [0.25, 0.3) is 22.7 Å². The number of aromatic hydroxyl groups is 1. The third-order valence-electron chi connectivity index (χ3n) is 7.28. The molecule has 0 bridgehead atoms. The molecule has 12 nitrogen and oxygen atoms in total. The van der Waals surface area contributed by atoms with Gasteiger partial charge in [0.15, 0.2) is 17.3 Å². The Morgan fingerprint density at radius 3 is 2.62 bits per heavy atom. The van der Waals surface area contributed by atoms with Gasteiger partial charge in [-0.25, -0.2) is 9.97 Å². The van der Waals surface area contributed by atoms with Crippen LogP contribution in [0.15, 0.2) is 40.0 Å². The van der Waals surface area contributed by atoms with Gasteiger partial charge in [-0.2, -0.15) is 0 Å². The van der Waals surface area contributed by atoms with E-state index in [-0.39, 0.29) is 17.8 Å². The van der Waals surface area contributed by atoms with E-state index in [9.17, 15) is 19.5 Å². The SMILES string of the molecule is CN(C(=O)c1nc(-c2nc3ccc(N4CCCC4=O)cc3n2C2CCC2)n(C)c(=O)c1O)c1cnoc1. The van der Waals surface area contributed by atoms with Crippen LogP contribution in [0, 0.1) is 0 Å². The molecule has 0 spiro atoms. The summed E-state index contributed by atoms with van der Waals surface area (Å²) in [5, 5.41) is 14.2. The molecule has 1 aromatic carbocycles. The van der Waals surface area contributed by atoms with Crippen LogP contribution in [-0.4, -0.2) is 54.8 Å². The molecule has 2 aliphatic rings. The lowest BCUT2D eigenvalue weighted by atomic mass is 9.92. The van der Waals surface area contributed by atoms with Crippen LogP contribution in [0.4, 0.5) is 11.4 Å². The highest BCUT2D eigenvalue weighted by Gasteiger charge is 2.31. The van der Waals surface area contributed by atoms with Gasteiger partial charge in [0.1, 0.15) is 12.0 Å². The topological polar surface area (TPSA) is 140 Å². The average molecular weight is 504 g/mol. The van der Waals surface area contributed by atoms with E-state index in [1.165, 1.54) is 36.0 Å². The summed E-state index contributed by atoms with van der Waals surface area (Å²) in [5.41, 5.74) is 1.52. The molecule has 190 valence electrons. The number of benzene rings is 1. The Morgan fingerprint density at radius 2 is 1.97 bits per heavy atom. The lowest BCUT2D eigenvalue weighted by Gasteiger charge is -2.29. The molecule has 6 rings (SSSR count). The summed E-state index contributed by atoms with van der Waals surface area (Å²) in [7, 11) is 2.96. The third kappa shape index (κ3) is 3.59. The van der Waals surface area contributed by atoms with Gasteiger partial charge in [-0.15, -0.1) is 0 Å². The summed E-state index contributed by atoms with van der Waals surface area (Å²) < 4.78 is 8.05. The normalized spacial score (nSPS) is 15.9. The van der Waals surface area contributed by atoms with Gasteiger partial charge in [-0.3, -0.25) is 19.0 Å². The zero-order valence-electron chi connectivity index (χ0n) is 20.4. The van der Waals surface area contributed by atoms with E-state index in [0.717, 1.165) is 36.9 Å². The van der Waals surface area contributed by atoms with Crippen molar-refractivity contribution in [1.82, 2.24) is 24.3 Å². The van der Waals surface area contributed by atoms with Gasteiger partial charge in [-0.1, -0.05) is 5.16 Å². The number of aromatic nitrogens is 5. The average Bonchev–Trinajstić information content (AvgIpc) is 3.62. The van der Waals surface area contributed by atoms with Crippen molar-refractivity contribution in [3.63, 3.8) is 0 Å². The molecule has 0 unspecified atom stereocenters. The largest absolute Gasteiger partial charge is 0.501 e. The Kier molecular flexibility index (Phi) is 5.32. The van der Waals surface area contributed by atoms with Crippen LogP contribution in [0.5, 0.6) is 5.75 Å². The fraction of sp³-hybridized carbons (Fsp3) is 0.360. The number of nitrogens with zero attached hydrogens (tertiary/aromatic N) is 7. The minimum absolute atomic E-state index is 0.0944. The molecule has 3 aromatic heterocycles. The molecule has 4 aromatic rings. The van der Waals surface area contributed by atoms with Gasteiger partial charge in [0.25, 0.3) is 11.5 Å². The number of hydrogen-bond acceptors (Lipinski definition) is 8. The maximum Gasteiger partial charge on any atom is 0.296 e.